The Kier molecular flexibility index (Phi) is 4.90. The molecular formula is C16H20N4O. The van der Waals surface area contributed by atoms with Crippen molar-refractivity contribution in [2.75, 3.05) is 5.43 Å². The van der Waals surface area contributed by atoms with Crippen LogP contribution < -0.4 is 11.3 Å². The average Bonchev–Trinajstić information content (AvgIpc) is 2.52. The SMILES string of the molecule is CC(C)N(Cc1ccccc1)C(=O)c1ccnc(NN)c1. The van der Waals surface area contributed by atoms with E-state index >= 15 is 0 Å². The van der Waals surface area contributed by atoms with Crippen molar-refractivity contribution < 1.29 is 4.79 Å². The van der Waals surface area contributed by atoms with Crippen molar-refractivity contribution in [1.82, 2.24) is 9.88 Å². The highest BCUT2D eigenvalue weighted by Crippen LogP contribution is 2.14. The predicted octanol–water partition coefficient (Wildman–Crippen LogP) is 2.42. The van der Waals surface area contributed by atoms with Crippen LogP contribution >= 0.6 is 0 Å². The number of anilines is 1. The number of nitrogens with zero attached hydrogens (tertiary/aromatic N) is 2. The minimum absolute atomic E-state index is 0.0345. The summed E-state index contributed by atoms with van der Waals surface area (Å²) < 4.78 is 0. The van der Waals surface area contributed by atoms with Gasteiger partial charge >= 0.3 is 0 Å². The van der Waals surface area contributed by atoms with Gasteiger partial charge in [0.25, 0.3) is 5.91 Å². The fourth-order valence-electron chi connectivity index (χ4n) is 2.08. The summed E-state index contributed by atoms with van der Waals surface area (Å²) in [6.07, 6.45) is 1.57. The van der Waals surface area contributed by atoms with Crippen molar-refractivity contribution in [2.45, 2.75) is 26.4 Å². The van der Waals surface area contributed by atoms with Gasteiger partial charge in [0.1, 0.15) is 5.82 Å². The van der Waals surface area contributed by atoms with E-state index in [4.69, 9.17) is 5.84 Å². The first kappa shape index (κ1) is 15.0. The number of aromatic nitrogens is 1. The molecule has 3 N–H and O–H groups in total. The van der Waals surface area contributed by atoms with Crippen molar-refractivity contribution in [3.8, 4) is 0 Å². The van der Waals surface area contributed by atoms with Crippen molar-refractivity contribution >= 4 is 11.7 Å². The number of hydrazine groups is 1. The lowest BCUT2D eigenvalue weighted by molar-refractivity contribution is 0.0690. The van der Waals surface area contributed by atoms with E-state index in [1.807, 2.05) is 49.1 Å². The van der Waals surface area contributed by atoms with Crippen molar-refractivity contribution in [2.24, 2.45) is 5.84 Å². The Balaban J connectivity index is 2.23. The van der Waals surface area contributed by atoms with Crippen molar-refractivity contribution in [3.63, 3.8) is 0 Å². The molecule has 0 fully saturated rings. The van der Waals surface area contributed by atoms with Gasteiger partial charge in [-0.1, -0.05) is 30.3 Å². The van der Waals surface area contributed by atoms with E-state index in [1.165, 1.54) is 0 Å². The van der Waals surface area contributed by atoms with Crippen LogP contribution in [0.25, 0.3) is 0 Å². The molecule has 0 saturated carbocycles. The van der Waals surface area contributed by atoms with Crippen LogP contribution in [-0.4, -0.2) is 21.8 Å². The number of carbonyl (C=O) groups excluding carboxylic acids is 1. The zero-order valence-corrected chi connectivity index (χ0v) is 12.3. The minimum atomic E-state index is -0.0345. The molecule has 2 rings (SSSR count). The van der Waals surface area contributed by atoms with Gasteiger partial charge < -0.3 is 10.3 Å². The summed E-state index contributed by atoms with van der Waals surface area (Å²) in [5.41, 5.74) is 4.13. The fourth-order valence-corrected chi connectivity index (χ4v) is 2.08. The van der Waals surface area contributed by atoms with Crippen molar-refractivity contribution in [1.29, 1.82) is 0 Å². The van der Waals surface area contributed by atoms with Crippen LogP contribution in [0.1, 0.15) is 29.8 Å². The maximum absolute atomic E-state index is 12.7. The van der Waals surface area contributed by atoms with Gasteiger partial charge in [-0.3, -0.25) is 4.79 Å². The van der Waals surface area contributed by atoms with Gasteiger partial charge in [-0.2, -0.15) is 0 Å². The highest BCUT2D eigenvalue weighted by Gasteiger charge is 2.19. The van der Waals surface area contributed by atoms with E-state index < -0.39 is 0 Å². The highest BCUT2D eigenvalue weighted by molar-refractivity contribution is 5.95. The normalized spacial score (nSPS) is 10.5. The second-order valence-corrected chi connectivity index (χ2v) is 5.09. The molecule has 21 heavy (non-hydrogen) atoms. The molecule has 2 aromatic rings. The third kappa shape index (κ3) is 3.79. The smallest absolute Gasteiger partial charge is 0.254 e. The summed E-state index contributed by atoms with van der Waals surface area (Å²) in [6.45, 7) is 4.58. The topological polar surface area (TPSA) is 71.2 Å². The number of nitrogens with one attached hydrogen (secondary N) is 1. The van der Waals surface area contributed by atoms with Gasteiger partial charge in [-0.15, -0.1) is 0 Å². The minimum Gasteiger partial charge on any atom is -0.332 e. The zero-order chi connectivity index (χ0) is 15.2. The number of hydrogen-bond acceptors (Lipinski definition) is 4. The lowest BCUT2D eigenvalue weighted by atomic mass is 10.1. The lowest BCUT2D eigenvalue weighted by Gasteiger charge is -2.27. The fraction of sp³-hybridized carbons (Fsp3) is 0.250. The van der Waals surface area contributed by atoms with E-state index in [9.17, 15) is 4.79 Å². The van der Waals surface area contributed by atoms with Gasteiger partial charge in [-0.25, -0.2) is 10.8 Å². The molecule has 0 spiro atoms. The first-order valence-electron chi connectivity index (χ1n) is 6.89. The number of nitrogens with two attached hydrogens (primary N) is 1. The third-order valence-corrected chi connectivity index (χ3v) is 3.23. The van der Waals surface area contributed by atoms with E-state index in [1.54, 1.807) is 18.3 Å². The number of nitrogen functional groups attached to an aromatic ring is 1. The molecule has 5 heteroatoms. The Bertz CT molecular complexity index is 598. The van der Waals surface area contributed by atoms with E-state index in [-0.39, 0.29) is 11.9 Å². The second-order valence-electron chi connectivity index (χ2n) is 5.09. The van der Waals surface area contributed by atoms with Crippen LogP contribution in [0.4, 0.5) is 5.82 Å². The van der Waals surface area contributed by atoms with Gasteiger partial charge in [0.05, 0.1) is 0 Å². The first-order valence-corrected chi connectivity index (χ1v) is 6.89. The molecule has 1 aromatic carbocycles. The molecule has 0 aliphatic rings. The number of hydrogen-bond donors (Lipinski definition) is 2. The van der Waals surface area contributed by atoms with E-state index in [0.29, 0.717) is 17.9 Å². The molecule has 0 radical (unpaired) electrons. The summed E-state index contributed by atoms with van der Waals surface area (Å²) in [7, 11) is 0. The molecular weight excluding hydrogens is 264 g/mol. The highest BCUT2D eigenvalue weighted by atomic mass is 16.2. The van der Waals surface area contributed by atoms with Crippen LogP contribution in [0.2, 0.25) is 0 Å². The molecule has 0 saturated heterocycles. The Hall–Kier alpha value is -2.40. The Morgan fingerprint density at radius 1 is 1.29 bits per heavy atom. The summed E-state index contributed by atoms with van der Waals surface area (Å²) in [4.78, 5) is 18.5. The summed E-state index contributed by atoms with van der Waals surface area (Å²) in [5.74, 6) is 5.78. The lowest BCUT2D eigenvalue weighted by Crippen LogP contribution is -2.36. The molecule has 1 amide bonds. The van der Waals surface area contributed by atoms with Crippen molar-refractivity contribution in [3.05, 3.63) is 59.8 Å². The maximum Gasteiger partial charge on any atom is 0.254 e. The van der Waals surface area contributed by atoms with Crippen LogP contribution in [0, 0.1) is 0 Å². The monoisotopic (exact) mass is 284 g/mol. The Morgan fingerprint density at radius 3 is 2.62 bits per heavy atom. The summed E-state index contributed by atoms with van der Waals surface area (Å²) in [6, 6.07) is 13.4. The van der Waals surface area contributed by atoms with E-state index in [2.05, 4.69) is 10.4 Å². The molecule has 1 heterocycles. The number of amides is 1. The molecule has 0 aliphatic heterocycles. The molecule has 0 bridgehead atoms. The standard InChI is InChI=1S/C16H20N4O/c1-12(2)20(11-13-6-4-3-5-7-13)16(21)14-8-9-18-15(10-14)19-17/h3-10,12H,11,17H2,1-2H3,(H,18,19). The molecule has 0 atom stereocenters. The third-order valence-electron chi connectivity index (χ3n) is 3.23. The van der Waals surface area contributed by atoms with E-state index in [0.717, 1.165) is 5.56 Å². The molecule has 0 aliphatic carbocycles. The zero-order valence-electron chi connectivity index (χ0n) is 12.3. The average molecular weight is 284 g/mol. The maximum atomic E-state index is 12.7. The predicted molar refractivity (Wildman–Crippen MR) is 83.5 cm³/mol. The largest absolute Gasteiger partial charge is 0.332 e. The molecule has 1 aromatic heterocycles. The van der Waals surface area contributed by atoms with Crippen LogP contribution in [0.15, 0.2) is 48.7 Å². The van der Waals surface area contributed by atoms with Crippen LogP contribution in [0.5, 0.6) is 0 Å². The first-order chi connectivity index (χ1) is 10.1. The van der Waals surface area contributed by atoms with Crippen LogP contribution in [0.3, 0.4) is 0 Å². The van der Waals surface area contributed by atoms with Gasteiger partial charge in [0.2, 0.25) is 0 Å². The number of pyridine rings is 1. The Morgan fingerprint density at radius 2 is 2.00 bits per heavy atom. The van der Waals surface area contributed by atoms with Gasteiger partial charge in [0, 0.05) is 24.3 Å². The quantitative estimate of drug-likeness (QED) is 0.653. The Labute approximate surface area is 124 Å². The number of benzene rings is 1. The summed E-state index contributed by atoms with van der Waals surface area (Å²) in [5, 5.41) is 0. The second kappa shape index (κ2) is 6.85. The van der Waals surface area contributed by atoms with Gasteiger partial charge in [-0.05, 0) is 31.5 Å². The summed E-state index contributed by atoms with van der Waals surface area (Å²) >= 11 is 0. The molecule has 110 valence electrons. The number of carbonyl (C=O) groups is 1. The molecule has 0 unspecified atom stereocenters. The number of rotatable bonds is 5. The van der Waals surface area contributed by atoms with Crippen LogP contribution in [-0.2, 0) is 6.54 Å². The molecule has 5 nitrogen and oxygen atoms in total. The van der Waals surface area contributed by atoms with Gasteiger partial charge in [0.15, 0.2) is 0 Å².